The van der Waals surface area contributed by atoms with Gasteiger partial charge in [-0.3, -0.25) is 4.98 Å². The van der Waals surface area contributed by atoms with Crippen LogP contribution in [0.1, 0.15) is 7.43 Å². The molecule has 52 valence electrons. The molecule has 1 aromatic rings. The van der Waals surface area contributed by atoms with E-state index in [0.29, 0.717) is 0 Å². The standard InChI is InChI=1S/C5H5N.CH4.Mo.H3N/c1-2-4-6-5-3-1;;;/h1-5H;1H4;;1H3. The van der Waals surface area contributed by atoms with E-state index in [9.17, 15) is 0 Å². The zero-order valence-corrected chi connectivity index (χ0v) is 6.46. The molecule has 0 saturated heterocycles. The van der Waals surface area contributed by atoms with Gasteiger partial charge in [0.25, 0.3) is 0 Å². The van der Waals surface area contributed by atoms with Gasteiger partial charge >= 0.3 is 0 Å². The summed E-state index contributed by atoms with van der Waals surface area (Å²) in [5.74, 6) is 0. The number of pyridine rings is 1. The van der Waals surface area contributed by atoms with Crippen molar-refractivity contribution in [3.63, 3.8) is 0 Å². The Morgan fingerprint density at radius 2 is 1.33 bits per heavy atom. The molecule has 0 bridgehead atoms. The molecule has 0 spiro atoms. The van der Waals surface area contributed by atoms with Crippen LogP contribution in [0.4, 0.5) is 0 Å². The van der Waals surface area contributed by atoms with Crippen molar-refractivity contribution in [3.8, 4) is 0 Å². The number of rotatable bonds is 0. The fourth-order valence-electron chi connectivity index (χ4n) is 0.313. The molecule has 0 unspecified atom stereocenters. The van der Waals surface area contributed by atoms with Gasteiger partial charge in [0.05, 0.1) is 0 Å². The van der Waals surface area contributed by atoms with Crippen molar-refractivity contribution in [2.24, 2.45) is 0 Å². The molecule has 3 heteroatoms. The van der Waals surface area contributed by atoms with E-state index in [2.05, 4.69) is 4.98 Å². The molecule has 0 radical (unpaired) electrons. The van der Waals surface area contributed by atoms with Crippen molar-refractivity contribution in [2.45, 2.75) is 7.43 Å². The van der Waals surface area contributed by atoms with Crippen molar-refractivity contribution in [1.29, 1.82) is 0 Å². The van der Waals surface area contributed by atoms with Crippen LogP contribution in [0.2, 0.25) is 0 Å². The molecule has 0 atom stereocenters. The van der Waals surface area contributed by atoms with Gasteiger partial charge in [-0.25, -0.2) is 0 Å². The van der Waals surface area contributed by atoms with Crippen molar-refractivity contribution < 1.29 is 21.1 Å². The molecule has 0 aromatic carbocycles. The van der Waals surface area contributed by atoms with Crippen LogP contribution in [0.5, 0.6) is 0 Å². The van der Waals surface area contributed by atoms with Gasteiger partial charge in [0.15, 0.2) is 0 Å². The van der Waals surface area contributed by atoms with Gasteiger partial charge in [0.1, 0.15) is 0 Å². The van der Waals surface area contributed by atoms with Crippen LogP contribution in [-0.2, 0) is 21.1 Å². The SMILES string of the molecule is C.N.[Mo].c1ccncc1. The summed E-state index contributed by atoms with van der Waals surface area (Å²) in [5, 5.41) is 0. The predicted molar refractivity (Wildman–Crippen MR) is 36.0 cm³/mol. The zero-order chi connectivity index (χ0) is 4.24. The summed E-state index contributed by atoms with van der Waals surface area (Å²) >= 11 is 0. The van der Waals surface area contributed by atoms with Crippen molar-refractivity contribution in [2.75, 3.05) is 0 Å². The first-order valence-corrected chi connectivity index (χ1v) is 1.85. The maximum Gasteiger partial charge on any atom is 0.0267 e. The van der Waals surface area contributed by atoms with Gasteiger partial charge in [-0.15, -0.1) is 0 Å². The first-order chi connectivity index (χ1) is 3.00. The Labute approximate surface area is 70.5 Å². The quantitative estimate of drug-likeness (QED) is 0.661. The maximum absolute atomic E-state index is 3.78. The van der Waals surface area contributed by atoms with E-state index in [1.54, 1.807) is 12.4 Å². The average Bonchev–Trinajstić information content (AvgIpc) is 1.72. The second-order valence-electron chi connectivity index (χ2n) is 1.02. The smallest absolute Gasteiger partial charge is 0.0267 e. The van der Waals surface area contributed by atoms with Crippen molar-refractivity contribution >= 4 is 0 Å². The monoisotopic (exact) mass is 210 g/mol. The summed E-state index contributed by atoms with van der Waals surface area (Å²) in [4.78, 5) is 3.78. The Bertz CT molecular complexity index is 83.0. The fraction of sp³-hybridized carbons (Fsp3) is 0.167. The minimum atomic E-state index is 0. The van der Waals surface area contributed by atoms with Crippen LogP contribution >= 0.6 is 0 Å². The van der Waals surface area contributed by atoms with Crippen LogP contribution in [0, 0.1) is 0 Å². The van der Waals surface area contributed by atoms with Gasteiger partial charge in [-0.2, -0.15) is 0 Å². The summed E-state index contributed by atoms with van der Waals surface area (Å²) in [5.41, 5.74) is 0. The topological polar surface area (TPSA) is 47.9 Å². The molecule has 1 heterocycles. The largest absolute Gasteiger partial charge is 0.344 e. The van der Waals surface area contributed by atoms with E-state index in [1.165, 1.54) is 0 Å². The van der Waals surface area contributed by atoms with E-state index in [0.717, 1.165) is 0 Å². The van der Waals surface area contributed by atoms with Crippen molar-refractivity contribution in [3.05, 3.63) is 30.6 Å². The van der Waals surface area contributed by atoms with E-state index in [4.69, 9.17) is 0 Å². The van der Waals surface area contributed by atoms with Gasteiger partial charge in [-0.1, -0.05) is 13.5 Å². The van der Waals surface area contributed by atoms with Gasteiger partial charge in [0, 0.05) is 33.5 Å². The minimum absolute atomic E-state index is 0. The van der Waals surface area contributed by atoms with Crippen molar-refractivity contribution in [1.82, 2.24) is 11.1 Å². The second kappa shape index (κ2) is 10.7. The third-order valence-corrected chi connectivity index (χ3v) is 0.566. The van der Waals surface area contributed by atoms with E-state index in [-0.39, 0.29) is 34.6 Å². The molecule has 0 amide bonds. The number of hydrogen-bond donors (Lipinski definition) is 1. The Morgan fingerprint density at radius 3 is 1.44 bits per heavy atom. The number of aromatic nitrogens is 1. The van der Waals surface area contributed by atoms with Crippen LogP contribution < -0.4 is 6.15 Å². The second-order valence-corrected chi connectivity index (χ2v) is 1.02. The number of hydrogen-bond acceptors (Lipinski definition) is 2. The number of nitrogens with zero attached hydrogens (tertiary/aromatic N) is 1. The molecule has 1 aromatic heterocycles. The van der Waals surface area contributed by atoms with E-state index >= 15 is 0 Å². The van der Waals surface area contributed by atoms with Gasteiger partial charge in [-0.05, 0) is 12.1 Å². The third kappa shape index (κ3) is 7.80. The summed E-state index contributed by atoms with van der Waals surface area (Å²) in [7, 11) is 0. The fourth-order valence-corrected chi connectivity index (χ4v) is 0.313. The zero-order valence-electron chi connectivity index (χ0n) is 4.45. The van der Waals surface area contributed by atoms with E-state index in [1.807, 2.05) is 18.2 Å². The molecule has 9 heavy (non-hydrogen) atoms. The van der Waals surface area contributed by atoms with Crippen LogP contribution in [0.15, 0.2) is 30.6 Å². The van der Waals surface area contributed by atoms with Gasteiger partial charge in [0.2, 0.25) is 0 Å². The molecule has 0 fully saturated rings. The van der Waals surface area contributed by atoms with Crippen LogP contribution in [0.25, 0.3) is 0 Å². The Hall–Kier alpha value is -0.202. The van der Waals surface area contributed by atoms with Crippen LogP contribution in [-0.4, -0.2) is 4.98 Å². The maximum atomic E-state index is 3.78. The van der Waals surface area contributed by atoms with Crippen LogP contribution in [0.3, 0.4) is 0 Å². The Balaban J connectivity index is -0.000000120. The molecule has 0 aliphatic carbocycles. The normalized spacial score (nSPS) is 5.33. The summed E-state index contributed by atoms with van der Waals surface area (Å²) < 4.78 is 0. The van der Waals surface area contributed by atoms with E-state index < -0.39 is 0 Å². The molecular formula is C6H12MoN2. The molecule has 0 aliphatic rings. The van der Waals surface area contributed by atoms with Gasteiger partial charge < -0.3 is 6.15 Å². The predicted octanol–water partition coefficient (Wildman–Crippen LogP) is 1.88. The molecule has 0 saturated carbocycles. The molecule has 3 N–H and O–H groups in total. The first-order valence-electron chi connectivity index (χ1n) is 1.85. The minimum Gasteiger partial charge on any atom is -0.344 e. The molecule has 2 nitrogen and oxygen atoms in total. The average molecular weight is 208 g/mol. The first kappa shape index (κ1) is 15.9. The summed E-state index contributed by atoms with van der Waals surface area (Å²) in [6.45, 7) is 0. The molecule has 0 aliphatic heterocycles. The Kier molecular flexibility index (Phi) is 19.0. The summed E-state index contributed by atoms with van der Waals surface area (Å²) in [6, 6.07) is 5.72. The summed E-state index contributed by atoms with van der Waals surface area (Å²) in [6.07, 6.45) is 3.50. The third-order valence-electron chi connectivity index (χ3n) is 0.566. The molecule has 1 rings (SSSR count). The Morgan fingerprint density at radius 1 is 0.889 bits per heavy atom. The molecular weight excluding hydrogens is 196 g/mol.